The second-order valence-electron chi connectivity index (χ2n) is 6.63. The highest BCUT2D eigenvalue weighted by Crippen LogP contribution is 2.24. The second kappa shape index (κ2) is 6.33. The van der Waals surface area contributed by atoms with Crippen LogP contribution in [0.25, 0.3) is 0 Å². The van der Waals surface area contributed by atoms with Crippen LogP contribution in [0.4, 0.5) is 0 Å². The molecule has 4 nitrogen and oxygen atoms in total. The summed E-state index contributed by atoms with van der Waals surface area (Å²) in [6.07, 6.45) is 1.16. The van der Waals surface area contributed by atoms with E-state index in [-0.39, 0.29) is 0 Å². The summed E-state index contributed by atoms with van der Waals surface area (Å²) in [6, 6.07) is 0. The lowest BCUT2D eigenvalue weighted by Gasteiger charge is -2.37. The fraction of sp³-hybridized carbons (Fsp3) is 1.00. The maximum Gasteiger partial charge on any atom is 0.0594 e. The van der Waals surface area contributed by atoms with Crippen molar-refractivity contribution in [3.8, 4) is 0 Å². The molecule has 2 saturated heterocycles. The van der Waals surface area contributed by atoms with Crippen molar-refractivity contribution < 1.29 is 9.84 Å². The minimum atomic E-state index is 0.321. The predicted octanol–water partition coefficient (Wildman–Crippen LogP) is 0.659. The molecule has 0 spiro atoms. The van der Waals surface area contributed by atoms with Crippen molar-refractivity contribution in [2.24, 2.45) is 11.3 Å². The molecule has 2 aliphatic rings. The maximum absolute atomic E-state index is 9.19. The van der Waals surface area contributed by atoms with Gasteiger partial charge in [0.05, 0.1) is 13.2 Å². The first-order valence-corrected chi connectivity index (χ1v) is 7.22. The molecule has 0 aromatic carbocycles. The summed E-state index contributed by atoms with van der Waals surface area (Å²) in [5, 5.41) is 9.19. The number of hydrogen-bond acceptors (Lipinski definition) is 4. The molecule has 1 unspecified atom stereocenters. The summed E-state index contributed by atoms with van der Waals surface area (Å²) in [4.78, 5) is 5.03. The second-order valence-corrected chi connectivity index (χ2v) is 6.63. The first-order valence-electron chi connectivity index (χ1n) is 7.22. The van der Waals surface area contributed by atoms with E-state index in [0.717, 1.165) is 58.9 Å². The number of aliphatic hydroxyl groups is 1. The highest BCUT2D eigenvalue weighted by Gasteiger charge is 2.29. The Balaban J connectivity index is 1.75. The molecule has 0 bridgehead atoms. The van der Waals surface area contributed by atoms with Crippen molar-refractivity contribution in [2.75, 3.05) is 59.1 Å². The van der Waals surface area contributed by atoms with Crippen LogP contribution in [0.5, 0.6) is 0 Å². The fourth-order valence-corrected chi connectivity index (χ4v) is 3.23. The van der Waals surface area contributed by atoms with Gasteiger partial charge in [-0.1, -0.05) is 13.8 Å². The molecule has 0 aliphatic carbocycles. The van der Waals surface area contributed by atoms with E-state index in [1.165, 1.54) is 0 Å². The zero-order valence-corrected chi connectivity index (χ0v) is 11.9. The molecule has 4 heteroatoms. The zero-order valence-electron chi connectivity index (χ0n) is 11.9. The van der Waals surface area contributed by atoms with Gasteiger partial charge < -0.3 is 14.7 Å². The molecule has 2 rings (SSSR count). The first kappa shape index (κ1) is 14.3. The average molecular weight is 256 g/mol. The summed E-state index contributed by atoms with van der Waals surface area (Å²) >= 11 is 0. The van der Waals surface area contributed by atoms with Crippen molar-refractivity contribution in [3.05, 3.63) is 0 Å². The van der Waals surface area contributed by atoms with Crippen LogP contribution in [-0.2, 0) is 4.74 Å². The molecular formula is C14H28N2O2. The predicted molar refractivity (Wildman–Crippen MR) is 72.7 cm³/mol. The highest BCUT2D eigenvalue weighted by molar-refractivity contribution is 4.83. The third-order valence-electron chi connectivity index (χ3n) is 4.04. The van der Waals surface area contributed by atoms with E-state index >= 15 is 0 Å². The van der Waals surface area contributed by atoms with Gasteiger partial charge >= 0.3 is 0 Å². The van der Waals surface area contributed by atoms with Gasteiger partial charge in [-0.15, -0.1) is 0 Å². The Hall–Kier alpha value is -0.160. The summed E-state index contributed by atoms with van der Waals surface area (Å²) in [5.74, 6) is 0.504. The Kier molecular flexibility index (Phi) is 5.01. The molecule has 1 N–H and O–H groups in total. The normalized spacial score (nSPS) is 27.8. The van der Waals surface area contributed by atoms with Gasteiger partial charge in [-0.3, -0.25) is 4.90 Å². The van der Waals surface area contributed by atoms with Crippen LogP contribution in [0, 0.1) is 11.3 Å². The summed E-state index contributed by atoms with van der Waals surface area (Å²) in [7, 11) is 0. The maximum atomic E-state index is 9.19. The van der Waals surface area contributed by atoms with Crippen LogP contribution in [0.2, 0.25) is 0 Å². The molecule has 2 fully saturated rings. The standard InChI is InChI=1S/C14H28N2O2/c1-14(2,11-15-5-7-18-8-6-15)12-16-4-3-13(9-16)10-17/h13,17H,3-12H2,1-2H3. The molecule has 2 heterocycles. The minimum absolute atomic E-state index is 0.321. The van der Waals surface area contributed by atoms with Gasteiger partial charge in [0, 0.05) is 39.3 Å². The van der Waals surface area contributed by atoms with E-state index < -0.39 is 0 Å². The van der Waals surface area contributed by atoms with Crippen LogP contribution in [0.15, 0.2) is 0 Å². The number of nitrogens with zero attached hydrogens (tertiary/aromatic N) is 2. The van der Waals surface area contributed by atoms with Gasteiger partial charge in [0.2, 0.25) is 0 Å². The van der Waals surface area contributed by atoms with Crippen LogP contribution in [0.3, 0.4) is 0 Å². The number of rotatable bonds is 5. The number of ether oxygens (including phenoxy) is 1. The van der Waals surface area contributed by atoms with Crippen LogP contribution >= 0.6 is 0 Å². The van der Waals surface area contributed by atoms with Gasteiger partial charge in [-0.25, -0.2) is 0 Å². The van der Waals surface area contributed by atoms with E-state index in [0.29, 0.717) is 17.9 Å². The van der Waals surface area contributed by atoms with Crippen LogP contribution in [0.1, 0.15) is 20.3 Å². The first-order chi connectivity index (χ1) is 8.59. The summed E-state index contributed by atoms with van der Waals surface area (Å²) in [6.45, 7) is 13.5. The molecular weight excluding hydrogens is 228 g/mol. The lowest BCUT2D eigenvalue weighted by atomic mass is 9.91. The van der Waals surface area contributed by atoms with E-state index in [1.807, 2.05) is 0 Å². The SMILES string of the molecule is CC(C)(CN1CCOCC1)CN1CCC(CO)C1. The minimum Gasteiger partial charge on any atom is -0.396 e. The average Bonchev–Trinajstić information content (AvgIpc) is 2.76. The lowest BCUT2D eigenvalue weighted by Crippen LogP contribution is -2.45. The van der Waals surface area contributed by atoms with Crippen LogP contribution < -0.4 is 0 Å². The monoisotopic (exact) mass is 256 g/mol. The highest BCUT2D eigenvalue weighted by atomic mass is 16.5. The van der Waals surface area contributed by atoms with E-state index in [4.69, 9.17) is 4.74 Å². The Morgan fingerprint density at radius 3 is 2.39 bits per heavy atom. The number of hydrogen-bond donors (Lipinski definition) is 1. The molecule has 0 aromatic heterocycles. The van der Waals surface area contributed by atoms with E-state index in [2.05, 4.69) is 23.6 Å². The Morgan fingerprint density at radius 2 is 1.78 bits per heavy atom. The Labute approximate surface area is 111 Å². The molecule has 1 atom stereocenters. The molecule has 0 radical (unpaired) electrons. The molecule has 2 aliphatic heterocycles. The van der Waals surface area contributed by atoms with Gasteiger partial charge in [0.25, 0.3) is 0 Å². The number of morpholine rings is 1. The van der Waals surface area contributed by atoms with Crippen molar-refractivity contribution in [1.82, 2.24) is 9.80 Å². The van der Waals surface area contributed by atoms with Crippen LogP contribution in [-0.4, -0.2) is 74.0 Å². The number of likely N-dealkylation sites (tertiary alicyclic amines) is 1. The number of aliphatic hydroxyl groups excluding tert-OH is 1. The smallest absolute Gasteiger partial charge is 0.0594 e. The molecule has 0 saturated carbocycles. The van der Waals surface area contributed by atoms with Crippen molar-refractivity contribution in [2.45, 2.75) is 20.3 Å². The van der Waals surface area contributed by atoms with Gasteiger partial charge in [-0.2, -0.15) is 0 Å². The Bertz CT molecular complexity index is 252. The van der Waals surface area contributed by atoms with Gasteiger partial charge in [0.15, 0.2) is 0 Å². The van der Waals surface area contributed by atoms with Crippen molar-refractivity contribution in [1.29, 1.82) is 0 Å². The molecule has 18 heavy (non-hydrogen) atoms. The Morgan fingerprint density at radius 1 is 1.11 bits per heavy atom. The molecule has 0 amide bonds. The third-order valence-corrected chi connectivity index (χ3v) is 4.04. The molecule has 0 aromatic rings. The van der Waals surface area contributed by atoms with Gasteiger partial charge in [0.1, 0.15) is 0 Å². The largest absolute Gasteiger partial charge is 0.396 e. The fourth-order valence-electron chi connectivity index (χ4n) is 3.23. The van der Waals surface area contributed by atoms with Crippen molar-refractivity contribution in [3.63, 3.8) is 0 Å². The molecule has 106 valence electrons. The van der Waals surface area contributed by atoms with E-state index in [9.17, 15) is 5.11 Å². The zero-order chi connectivity index (χ0) is 13.0. The third kappa shape index (κ3) is 4.19. The lowest BCUT2D eigenvalue weighted by molar-refractivity contribution is 0.0160. The van der Waals surface area contributed by atoms with Gasteiger partial charge in [-0.05, 0) is 24.3 Å². The quantitative estimate of drug-likeness (QED) is 0.784. The van der Waals surface area contributed by atoms with E-state index in [1.54, 1.807) is 0 Å². The summed E-state index contributed by atoms with van der Waals surface area (Å²) in [5.41, 5.74) is 0.321. The summed E-state index contributed by atoms with van der Waals surface area (Å²) < 4.78 is 5.40. The van der Waals surface area contributed by atoms with Crippen molar-refractivity contribution >= 4 is 0 Å². The topological polar surface area (TPSA) is 35.9 Å².